The lowest BCUT2D eigenvalue weighted by molar-refractivity contribution is -0.156. The Morgan fingerprint density at radius 2 is 1.82 bits per heavy atom. The summed E-state index contributed by atoms with van der Waals surface area (Å²) < 4.78 is 5.91. The van der Waals surface area contributed by atoms with Crippen LogP contribution in [0.2, 0.25) is 0 Å². The number of carbonyl (C=O) groups excluding carboxylic acids is 2. The van der Waals surface area contributed by atoms with Crippen LogP contribution in [0.1, 0.15) is 71.6 Å². The zero-order valence-electron chi connectivity index (χ0n) is 20.0. The van der Waals surface area contributed by atoms with Crippen molar-refractivity contribution in [1.29, 1.82) is 0 Å². The molecule has 0 radical (unpaired) electrons. The number of rotatable bonds is 3. The highest BCUT2D eigenvalue weighted by Crippen LogP contribution is 2.77. The zero-order chi connectivity index (χ0) is 24.7. The Bertz CT molecular complexity index is 822. The third-order valence-electron chi connectivity index (χ3n) is 8.90. The van der Waals surface area contributed by atoms with Crippen molar-refractivity contribution < 1.29 is 19.4 Å². The van der Waals surface area contributed by atoms with E-state index in [0.29, 0.717) is 24.0 Å². The molecule has 4 saturated carbocycles. The predicted octanol–water partition coefficient (Wildman–Crippen LogP) is 6.78. The Morgan fingerprint density at radius 3 is 2.39 bits per heavy atom. The van der Waals surface area contributed by atoms with Crippen LogP contribution in [0.15, 0.2) is 24.3 Å². The van der Waals surface area contributed by atoms with Gasteiger partial charge in [0.25, 0.3) is 0 Å². The van der Waals surface area contributed by atoms with Gasteiger partial charge in [0, 0.05) is 24.8 Å². The Kier molecular flexibility index (Phi) is 9.13. The van der Waals surface area contributed by atoms with Crippen LogP contribution in [0.3, 0.4) is 0 Å². The van der Waals surface area contributed by atoms with E-state index in [2.05, 4.69) is 74.4 Å². The van der Waals surface area contributed by atoms with Crippen LogP contribution in [0.25, 0.3) is 0 Å². The number of aliphatic hydroxyl groups excluding tert-OH is 1. The van der Waals surface area contributed by atoms with Crippen LogP contribution in [-0.2, 0) is 14.3 Å². The number of carbonyl (C=O) groups is 2. The standard InChI is InChI=1S/C23H28I2O4.C2H6.CH3I/c1-2-19(28)29-18-4-3-15-21(18,13-26)7-6-16-22(24)8-5-14(27)11-17(22)20(9-10-20)12-23(15,16)25;2*1-2/h2,11,15-16,18,26H,1,3-10,12-13H2;1-2H3;1H3. The molecule has 7 heteroatoms. The summed E-state index contributed by atoms with van der Waals surface area (Å²) in [7, 11) is 0. The van der Waals surface area contributed by atoms with Crippen molar-refractivity contribution in [3.05, 3.63) is 24.3 Å². The summed E-state index contributed by atoms with van der Waals surface area (Å²) in [5.74, 6) is 0.764. The van der Waals surface area contributed by atoms with E-state index in [9.17, 15) is 14.7 Å². The van der Waals surface area contributed by atoms with Gasteiger partial charge in [-0.25, -0.2) is 4.79 Å². The maximum Gasteiger partial charge on any atom is 0.330 e. The van der Waals surface area contributed by atoms with E-state index in [0.717, 1.165) is 38.5 Å². The van der Waals surface area contributed by atoms with Gasteiger partial charge < -0.3 is 9.84 Å². The quantitative estimate of drug-likeness (QED) is 0.148. The van der Waals surface area contributed by atoms with Crippen molar-refractivity contribution in [2.24, 2.45) is 22.7 Å². The van der Waals surface area contributed by atoms with Gasteiger partial charge in [0.05, 0.1) is 6.61 Å². The minimum absolute atomic E-state index is 0.0547. The number of hydrogen-bond donors (Lipinski definition) is 1. The van der Waals surface area contributed by atoms with Crippen LogP contribution in [0, 0.1) is 22.7 Å². The Morgan fingerprint density at radius 1 is 1.15 bits per heavy atom. The molecule has 5 aliphatic rings. The van der Waals surface area contributed by atoms with E-state index in [-0.39, 0.29) is 36.4 Å². The summed E-state index contributed by atoms with van der Waals surface area (Å²) in [5, 5.41) is 10.6. The number of alkyl halides is 3. The molecule has 0 saturated heterocycles. The van der Waals surface area contributed by atoms with Crippen LogP contribution < -0.4 is 0 Å². The van der Waals surface area contributed by atoms with Crippen LogP contribution in [-0.4, -0.2) is 41.3 Å². The summed E-state index contributed by atoms with van der Waals surface area (Å²) in [4.78, 5) is 26.2. The maximum absolute atomic E-state index is 12.3. The molecular formula is C26H37I3O4. The smallest absolute Gasteiger partial charge is 0.330 e. The first kappa shape index (κ1) is 28.3. The molecule has 1 spiro atoms. The molecular weight excluding hydrogens is 757 g/mol. The first-order chi connectivity index (χ1) is 15.7. The lowest BCUT2D eigenvalue weighted by Gasteiger charge is -2.63. The number of ether oxygens (including phenoxy) is 1. The lowest BCUT2D eigenvalue weighted by Crippen LogP contribution is -2.64. The van der Waals surface area contributed by atoms with Gasteiger partial charge in [-0.3, -0.25) is 4.79 Å². The molecule has 1 N–H and O–H groups in total. The molecule has 186 valence electrons. The average Bonchev–Trinajstić information content (AvgIpc) is 3.49. The Labute approximate surface area is 239 Å². The number of allylic oxidation sites excluding steroid dienone is 1. The van der Waals surface area contributed by atoms with E-state index in [4.69, 9.17) is 4.74 Å². The highest BCUT2D eigenvalue weighted by atomic mass is 127. The molecule has 0 aromatic carbocycles. The van der Waals surface area contributed by atoms with E-state index >= 15 is 0 Å². The van der Waals surface area contributed by atoms with Gasteiger partial charge in [-0.2, -0.15) is 0 Å². The highest BCUT2D eigenvalue weighted by molar-refractivity contribution is 14.1. The predicted molar refractivity (Wildman–Crippen MR) is 158 cm³/mol. The van der Waals surface area contributed by atoms with Gasteiger partial charge in [0.15, 0.2) is 5.78 Å². The number of fused-ring (bicyclic) bond motifs is 6. The van der Waals surface area contributed by atoms with Gasteiger partial charge in [-0.1, -0.05) is 88.2 Å². The average molecular weight is 794 g/mol. The van der Waals surface area contributed by atoms with Gasteiger partial charge in [-0.15, -0.1) is 0 Å². The number of ketones is 1. The molecule has 0 aromatic rings. The number of aliphatic hydroxyl groups is 1. The monoisotopic (exact) mass is 794 g/mol. The third-order valence-corrected chi connectivity index (χ3v) is 12.7. The van der Waals surface area contributed by atoms with Crippen LogP contribution >= 0.6 is 67.8 Å². The summed E-state index contributed by atoms with van der Waals surface area (Å²) in [6.45, 7) is 7.62. The topological polar surface area (TPSA) is 63.6 Å². The molecule has 4 fully saturated rings. The van der Waals surface area contributed by atoms with Gasteiger partial charge >= 0.3 is 5.97 Å². The fourth-order valence-corrected chi connectivity index (χ4v) is 12.5. The zero-order valence-corrected chi connectivity index (χ0v) is 26.4. The minimum Gasteiger partial charge on any atom is -0.459 e. The normalized spacial score (nSPS) is 41.6. The summed E-state index contributed by atoms with van der Waals surface area (Å²) in [6, 6.07) is 0. The van der Waals surface area contributed by atoms with E-state index in [1.807, 2.05) is 24.9 Å². The molecule has 5 aliphatic carbocycles. The Hall–Kier alpha value is 0.770. The van der Waals surface area contributed by atoms with Crippen LogP contribution in [0.5, 0.6) is 0 Å². The van der Waals surface area contributed by atoms with E-state index in [1.54, 1.807) is 0 Å². The summed E-state index contributed by atoms with van der Waals surface area (Å²) in [6.07, 6.45) is 11.8. The van der Waals surface area contributed by atoms with Crippen LogP contribution in [0.4, 0.5) is 0 Å². The molecule has 33 heavy (non-hydrogen) atoms. The second kappa shape index (κ2) is 10.6. The number of hydrogen-bond acceptors (Lipinski definition) is 4. The first-order valence-electron chi connectivity index (χ1n) is 12.2. The number of esters is 1. The molecule has 6 atom stereocenters. The van der Waals surface area contributed by atoms with Gasteiger partial charge in [-0.05, 0) is 85.2 Å². The molecule has 0 heterocycles. The molecule has 5 rings (SSSR count). The van der Waals surface area contributed by atoms with Crippen molar-refractivity contribution in [3.8, 4) is 0 Å². The SMILES string of the molecule is C=CC(=O)OC1CCC2C3(I)CC4(CC4)C4=CC(=O)CCC4(I)C3CCC12CO.CC.CI. The summed E-state index contributed by atoms with van der Waals surface area (Å²) in [5.41, 5.74) is 1.28. The fourth-order valence-electron chi connectivity index (χ4n) is 7.54. The summed E-state index contributed by atoms with van der Waals surface area (Å²) >= 11 is 7.60. The first-order valence-corrected chi connectivity index (χ1v) is 16.5. The molecule has 0 aromatic heterocycles. The third kappa shape index (κ3) is 4.42. The minimum atomic E-state index is -0.378. The van der Waals surface area contributed by atoms with Crippen molar-refractivity contribution >= 4 is 79.5 Å². The van der Waals surface area contributed by atoms with Crippen molar-refractivity contribution in [2.75, 3.05) is 11.5 Å². The van der Waals surface area contributed by atoms with Crippen molar-refractivity contribution in [1.82, 2.24) is 0 Å². The van der Waals surface area contributed by atoms with Crippen molar-refractivity contribution in [2.45, 2.75) is 84.6 Å². The Balaban J connectivity index is 0.000000728. The largest absolute Gasteiger partial charge is 0.459 e. The van der Waals surface area contributed by atoms with Gasteiger partial charge in [0.1, 0.15) is 6.10 Å². The second-order valence-electron chi connectivity index (χ2n) is 10.0. The molecule has 6 unspecified atom stereocenters. The fraction of sp³-hybridized carbons (Fsp3) is 0.769. The highest BCUT2D eigenvalue weighted by Gasteiger charge is 2.73. The van der Waals surface area contributed by atoms with Gasteiger partial charge in [0.2, 0.25) is 0 Å². The van der Waals surface area contributed by atoms with E-state index < -0.39 is 0 Å². The second-order valence-corrected chi connectivity index (χ2v) is 13.9. The number of halogens is 3. The molecule has 0 amide bonds. The maximum atomic E-state index is 12.3. The molecule has 4 nitrogen and oxygen atoms in total. The molecule has 0 bridgehead atoms. The lowest BCUT2D eigenvalue weighted by atomic mass is 9.49. The van der Waals surface area contributed by atoms with E-state index in [1.165, 1.54) is 24.5 Å². The van der Waals surface area contributed by atoms with Crippen molar-refractivity contribution in [3.63, 3.8) is 0 Å². The molecule has 0 aliphatic heterocycles.